The number of alkyl halides is 1. The highest BCUT2D eigenvalue weighted by atomic mass is 79.9. The number of nitrogens with two attached hydrogens (primary N) is 1. The number of halogens is 2. The number of benzene rings is 2. The topological polar surface area (TPSA) is 284 Å². The van der Waals surface area contributed by atoms with Crippen LogP contribution in [0.4, 0.5) is 21.0 Å². The molecule has 3 aromatic rings. The number of primary amides is 1. The summed E-state index contributed by atoms with van der Waals surface area (Å²) in [5.74, 6) is -3.97. The first-order valence-electron chi connectivity index (χ1n) is 28.9. The van der Waals surface area contributed by atoms with Gasteiger partial charge in [-0.25, -0.2) is 14.4 Å². The summed E-state index contributed by atoms with van der Waals surface area (Å²) in [5, 5.41) is 21.5. The number of nitrogens with one attached hydrogen (secondary N) is 3. The summed E-state index contributed by atoms with van der Waals surface area (Å²) < 4.78 is 29.4. The van der Waals surface area contributed by atoms with Crippen molar-refractivity contribution in [2.45, 2.75) is 167 Å². The molecule has 20 nitrogen and oxygen atoms in total. The van der Waals surface area contributed by atoms with Gasteiger partial charge in [-0.1, -0.05) is 110 Å². The molecular weight excluding hydrogens is 1180 g/mol. The molecule has 9 atom stereocenters. The Balaban J connectivity index is 1.20. The molecule has 0 aliphatic carbocycles. The third-order valence-corrected chi connectivity index (χ3v) is 17.4. The lowest BCUT2D eigenvalue weighted by Crippen LogP contribution is -2.53. The van der Waals surface area contributed by atoms with Crippen molar-refractivity contribution in [3.8, 4) is 0 Å². The van der Waals surface area contributed by atoms with Crippen molar-refractivity contribution in [3.05, 3.63) is 100 Å². The number of rotatable bonds is 24. The first kappa shape index (κ1) is 67.6. The number of ether oxygens (including phenoxy) is 5. The number of unbranched alkanes of at least 4 members (excludes halogenated alkanes) is 3. The normalized spacial score (nSPS) is 24.2. The average Bonchev–Trinajstić information content (AvgIpc) is 1.68. The maximum absolute atomic E-state index is 14.5. The molecule has 2 aromatic carbocycles. The molecule has 6 N–H and O–H groups in total. The van der Waals surface area contributed by atoms with Crippen LogP contribution in [0.15, 0.2) is 78.5 Å². The molecule has 5 amide bonds. The van der Waals surface area contributed by atoms with E-state index in [0.29, 0.717) is 57.3 Å². The van der Waals surface area contributed by atoms with E-state index < -0.39 is 89.4 Å². The highest BCUT2D eigenvalue weighted by Gasteiger charge is 2.64. The van der Waals surface area contributed by atoms with Crippen LogP contribution < -0.4 is 26.6 Å². The molecule has 0 radical (unpaired) electrons. The van der Waals surface area contributed by atoms with Crippen LogP contribution in [0, 0.1) is 24.7 Å². The minimum absolute atomic E-state index is 0.00686. The Hall–Kier alpha value is -6.52. The lowest BCUT2D eigenvalue weighted by Gasteiger charge is -2.41. The van der Waals surface area contributed by atoms with E-state index in [2.05, 4.69) is 43.4 Å². The third-order valence-electron chi connectivity index (χ3n) is 16.2. The number of carbonyl (C=O) groups is 8. The highest BCUT2D eigenvalue weighted by molar-refractivity contribution is 9.09. The van der Waals surface area contributed by atoms with Gasteiger partial charge in [0.25, 0.3) is 0 Å². The molecule has 6 rings (SSSR count). The largest absolute Gasteiger partial charge is 0.462 e. The molecule has 3 aliphatic heterocycles. The molecule has 3 aliphatic rings. The van der Waals surface area contributed by atoms with E-state index in [1.807, 2.05) is 45.9 Å². The quantitative estimate of drug-likeness (QED) is 0.0140. The van der Waals surface area contributed by atoms with Crippen molar-refractivity contribution in [2.75, 3.05) is 42.9 Å². The predicted octanol–water partition coefficient (Wildman–Crippen LogP) is 9.19. The summed E-state index contributed by atoms with van der Waals surface area (Å²) in [5.41, 5.74) is 6.77. The second-order valence-corrected chi connectivity index (χ2v) is 24.1. The van der Waals surface area contributed by atoms with Crippen LogP contribution in [0.3, 0.4) is 0 Å². The SMILES string of the molecule is C=C(CBr)C(=O)OCCCCCCC(=O)C[C@H](C(=O)N[C@@H](CCCNC(N)=O)C(=O)Cc1ccc(NC(=O)O[C@H]2CC(=O)N(C)c3cc(cc(C)c3Cl)C/C(C)=C/C=C/[C@@H](OC)[C@]3(O)CC(=O)O[C@@H](C3)[C@@H](C)[C@@H]3O[C@@]23C)c2ncccc12)C(C)C. The van der Waals surface area contributed by atoms with Gasteiger partial charge in [0.05, 0.1) is 53.5 Å². The maximum atomic E-state index is 14.5. The van der Waals surface area contributed by atoms with Gasteiger partial charge in [-0.05, 0) is 93.7 Å². The maximum Gasteiger partial charge on any atom is 0.412 e. The molecule has 4 heterocycles. The van der Waals surface area contributed by atoms with Crippen LogP contribution >= 0.6 is 27.5 Å². The monoisotopic (exact) mass is 1260 g/mol. The number of ketones is 2. The molecule has 2 fully saturated rings. The zero-order valence-corrected chi connectivity index (χ0v) is 52.2. The Morgan fingerprint density at radius 1 is 1.06 bits per heavy atom. The Morgan fingerprint density at radius 2 is 1.80 bits per heavy atom. The Kier molecular flexibility index (Phi) is 24.4. The Labute approximate surface area is 510 Å². The number of pyridine rings is 1. The molecule has 85 heavy (non-hydrogen) atoms. The van der Waals surface area contributed by atoms with Crippen LogP contribution in [0.2, 0.25) is 5.02 Å². The molecule has 4 bridgehead atoms. The number of anilines is 2. The summed E-state index contributed by atoms with van der Waals surface area (Å²) >= 11 is 10.1. The summed E-state index contributed by atoms with van der Waals surface area (Å²) in [7, 11) is 3.05. The number of hydrogen-bond acceptors (Lipinski definition) is 15. The van der Waals surface area contributed by atoms with Crippen molar-refractivity contribution in [1.29, 1.82) is 0 Å². The summed E-state index contributed by atoms with van der Waals surface area (Å²) in [6.45, 7) is 15.0. The van der Waals surface area contributed by atoms with Gasteiger partial charge in [0, 0.05) is 80.7 Å². The number of aliphatic hydroxyl groups is 1. The Morgan fingerprint density at radius 3 is 2.51 bits per heavy atom. The van der Waals surface area contributed by atoms with Crippen LogP contribution in [0.25, 0.3) is 10.9 Å². The first-order chi connectivity index (χ1) is 40.3. The van der Waals surface area contributed by atoms with Crippen molar-refractivity contribution in [1.82, 2.24) is 15.6 Å². The fourth-order valence-corrected chi connectivity index (χ4v) is 11.6. The standard InChI is InChI=1S/C63H82BrClN6O14/c1-36(2)45(31-43(72)18-12-10-11-13-26-82-59(77)39(5)35-64)58(76)69-46(20-16-25-68-60(66)78)49(73)30-42-22-23-47(56-44(42)19-15-24-67-56)70-61(79)84-52-32-53(74)71(8)48-29-41(28-38(4)55(48)65)27-37(3)17-14-21-51(81-9)63(80)33-50(83-54(75)34-63)40(6)57-62(52,7)85-57/h14-15,17,19,21-24,28-29,36,40,45-46,50-52,57,80H,5,10-13,16,18,20,25-27,30-35H2,1-4,6-9H3,(H,69,76)(H,70,79)(H3,66,68,78)/b21-14+,37-17+/t40-,45+,46+,50+,51-,52+,57+,62+,63-/m1/s1. The fourth-order valence-electron chi connectivity index (χ4n) is 11.1. The van der Waals surface area contributed by atoms with E-state index in [1.165, 1.54) is 18.2 Å². The Bertz CT molecular complexity index is 3040. The number of allylic oxidation sites excluding steroid dienone is 3. The number of urea groups is 1. The van der Waals surface area contributed by atoms with Crippen LogP contribution in [0.1, 0.15) is 122 Å². The molecule has 0 unspecified atom stereocenters. The number of amides is 5. The highest BCUT2D eigenvalue weighted by Crippen LogP contribution is 2.50. The third kappa shape index (κ3) is 18.3. The van der Waals surface area contributed by atoms with E-state index in [9.17, 15) is 43.5 Å². The number of Topliss-reactive ketones (excluding diaryl/α,β-unsaturated/α-hetero) is 2. The molecule has 0 saturated carbocycles. The van der Waals surface area contributed by atoms with E-state index in [-0.39, 0.29) is 87.7 Å². The zero-order valence-electron chi connectivity index (χ0n) is 49.9. The van der Waals surface area contributed by atoms with Crippen LogP contribution in [-0.2, 0) is 65.3 Å². The van der Waals surface area contributed by atoms with Gasteiger partial charge in [0.15, 0.2) is 5.78 Å². The van der Waals surface area contributed by atoms with Gasteiger partial charge < -0.3 is 50.1 Å². The molecule has 1 aromatic heterocycles. The first-order valence-corrected chi connectivity index (χ1v) is 30.4. The zero-order chi connectivity index (χ0) is 62.3. The number of aryl methyl sites for hydroxylation is 1. The number of aromatic nitrogens is 1. The van der Waals surface area contributed by atoms with Crippen LogP contribution in [-0.4, -0.2) is 132 Å². The van der Waals surface area contributed by atoms with Gasteiger partial charge in [-0.2, -0.15) is 0 Å². The van der Waals surface area contributed by atoms with E-state index in [4.69, 9.17) is 41.0 Å². The van der Waals surface area contributed by atoms with Crippen molar-refractivity contribution in [3.63, 3.8) is 0 Å². The van der Waals surface area contributed by atoms with E-state index in [1.54, 1.807) is 57.3 Å². The van der Waals surface area contributed by atoms with Gasteiger partial charge in [0.2, 0.25) is 11.8 Å². The minimum atomic E-state index is -1.64. The van der Waals surface area contributed by atoms with Gasteiger partial charge in [-0.3, -0.25) is 34.3 Å². The lowest BCUT2D eigenvalue weighted by molar-refractivity contribution is -0.187. The number of methoxy groups -OCH3 is 1. The minimum Gasteiger partial charge on any atom is -0.462 e. The number of esters is 2. The van der Waals surface area contributed by atoms with Crippen molar-refractivity contribution < 1.29 is 67.1 Å². The molecule has 22 heteroatoms. The van der Waals surface area contributed by atoms with E-state index in [0.717, 1.165) is 29.5 Å². The lowest BCUT2D eigenvalue weighted by atomic mass is 9.78. The fraction of sp³-hybridized carbons (Fsp3) is 0.540. The second kappa shape index (κ2) is 30.7. The average molecular weight is 1260 g/mol. The van der Waals surface area contributed by atoms with Gasteiger partial charge in [-0.15, -0.1) is 0 Å². The number of fused-ring (bicyclic) bond motifs is 6. The summed E-state index contributed by atoms with van der Waals surface area (Å²) in [6.07, 6.45) is 5.29. The summed E-state index contributed by atoms with van der Waals surface area (Å²) in [6, 6.07) is 8.66. The number of hydrogen-bond donors (Lipinski definition) is 5. The van der Waals surface area contributed by atoms with Gasteiger partial charge >= 0.3 is 24.1 Å². The smallest absolute Gasteiger partial charge is 0.412 e. The van der Waals surface area contributed by atoms with Crippen molar-refractivity contribution >= 4 is 97.3 Å². The molecular formula is C63H82BrClN6O14. The van der Waals surface area contributed by atoms with Crippen LogP contribution in [0.5, 0.6) is 0 Å². The summed E-state index contributed by atoms with van der Waals surface area (Å²) in [4.78, 5) is 113. The van der Waals surface area contributed by atoms with E-state index >= 15 is 0 Å². The van der Waals surface area contributed by atoms with Crippen molar-refractivity contribution in [2.24, 2.45) is 23.5 Å². The predicted molar refractivity (Wildman–Crippen MR) is 326 cm³/mol. The van der Waals surface area contributed by atoms with Gasteiger partial charge in [0.1, 0.15) is 35.3 Å². The number of epoxide rings is 1. The molecule has 462 valence electrons. The molecule has 2 saturated heterocycles. The molecule has 0 spiro atoms. The number of carbonyl (C=O) groups excluding carboxylic acids is 8. The second-order valence-electron chi connectivity index (χ2n) is 23.2. The number of nitrogens with zero attached hydrogens (tertiary/aromatic N) is 2.